The molecule has 0 fully saturated rings. The standard InChI is InChI=1S/C14H18ClNO3/c1-18-13-10(9-5-2-3-7-11(9)15)6-4-8-12(13)19-14(16)17/h2-3,5,7,12,14,17H,4,6,8,16H2,1H3/t12-,14?/m0/s1. The molecule has 1 aliphatic rings. The molecule has 19 heavy (non-hydrogen) atoms. The third kappa shape index (κ3) is 3.28. The van der Waals surface area contributed by atoms with E-state index >= 15 is 0 Å². The van der Waals surface area contributed by atoms with Gasteiger partial charge in [-0.1, -0.05) is 29.8 Å². The average molecular weight is 284 g/mol. The van der Waals surface area contributed by atoms with E-state index in [9.17, 15) is 5.11 Å². The summed E-state index contributed by atoms with van der Waals surface area (Å²) in [7, 11) is 1.59. The number of hydrogen-bond acceptors (Lipinski definition) is 4. The van der Waals surface area contributed by atoms with Gasteiger partial charge < -0.3 is 14.6 Å². The van der Waals surface area contributed by atoms with Crippen molar-refractivity contribution in [2.45, 2.75) is 31.8 Å². The van der Waals surface area contributed by atoms with E-state index < -0.39 is 6.41 Å². The third-order valence-electron chi connectivity index (χ3n) is 3.21. The molecule has 1 aromatic rings. The molecule has 0 radical (unpaired) electrons. The Morgan fingerprint density at radius 1 is 1.42 bits per heavy atom. The molecule has 0 heterocycles. The predicted octanol–water partition coefficient (Wildman–Crippen LogP) is 2.50. The lowest BCUT2D eigenvalue weighted by Crippen LogP contribution is -2.32. The second-order valence-corrected chi connectivity index (χ2v) is 4.84. The summed E-state index contributed by atoms with van der Waals surface area (Å²) >= 11 is 6.23. The highest BCUT2D eigenvalue weighted by Crippen LogP contribution is 2.37. The van der Waals surface area contributed by atoms with Crippen LogP contribution < -0.4 is 5.73 Å². The Balaban J connectivity index is 2.40. The van der Waals surface area contributed by atoms with Gasteiger partial charge in [-0.05, 0) is 30.9 Å². The lowest BCUT2D eigenvalue weighted by atomic mass is 9.90. The topological polar surface area (TPSA) is 64.7 Å². The first-order chi connectivity index (χ1) is 9.13. The van der Waals surface area contributed by atoms with E-state index in [-0.39, 0.29) is 6.10 Å². The smallest absolute Gasteiger partial charge is 0.211 e. The van der Waals surface area contributed by atoms with E-state index in [1.54, 1.807) is 7.11 Å². The number of nitrogens with two attached hydrogens (primary N) is 1. The molecule has 0 saturated heterocycles. The number of benzene rings is 1. The molecule has 1 aromatic carbocycles. The SMILES string of the molecule is COC1=C(c2ccccc2Cl)CCC[C@@H]1OC(N)O. The van der Waals surface area contributed by atoms with Crippen molar-refractivity contribution in [3.63, 3.8) is 0 Å². The third-order valence-corrected chi connectivity index (χ3v) is 3.54. The fourth-order valence-electron chi connectivity index (χ4n) is 2.44. The Morgan fingerprint density at radius 2 is 2.16 bits per heavy atom. The minimum Gasteiger partial charge on any atom is -0.498 e. The molecule has 1 aliphatic carbocycles. The first-order valence-corrected chi connectivity index (χ1v) is 6.62. The molecule has 1 unspecified atom stereocenters. The van der Waals surface area contributed by atoms with E-state index in [0.717, 1.165) is 30.4 Å². The zero-order chi connectivity index (χ0) is 13.8. The van der Waals surface area contributed by atoms with Gasteiger partial charge in [-0.3, -0.25) is 5.73 Å². The highest BCUT2D eigenvalue weighted by molar-refractivity contribution is 6.32. The van der Waals surface area contributed by atoms with Gasteiger partial charge in [-0.2, -0.15) is 0 Å². The molecular formula is C14H18ClNO3. The Morgan fingerprint density at radius 3 is 2.79 bits per heavy atom. The van der Waals surface area contributed by atoms with Crippen molar-refractivity contribution >= 4 is 17.2 Å². The van der Waals surface area contributed by atoms with Crippen LogP contribution in [-0.4, -0.2) is 24.7 Å². The minimum atomic E-state index is -1.30. The second kappa shape index (κ2) is 6.39. The maximum Gasteiger partial charge on any atom is 0.211 e. The monoisotopic (exact) mass is 283 g/mol. The number of aliphatic hydroxyl groups excluding tert-OH is 1. The van der Waals surface area contributed by atoms with Crippen LogP contribution in [0.4, 0.5) is 0 Å². The van der Waals surface area contributed by atoms with E-state index in [2.05, 4.69) is 0 Å². The van der Waals surface area contributed by atoms with E-state index in [1.165, 1.54) is 0 Å². The van der Waals surface area contributed by atoms with E-state index in [4.69, 9.17) is 26.8 Å². The zero-order valence-corrected chi connectivity index (χ0v) is 11.6. The molecule has 0 aliphatic heterocycles. The largest absolute Gasteiger partial charge is 0.498 e. The predicted molar refractivity (Wildman–Crippen MR) is 74.3 cm³/mol. The number of aliphatic hydroxyl groups is 1. The van der Waals surface area contributed by atoms with Crippen molar-refractivity contribution in [1.29, 1.82) is 0 Å². The maximum atomic E-state index is 9.18. The van der Waals surface area contributed by atoms with Crippen LogP contribution >= 0.6 is 11.6 Å². The van der Waals surface area contributed by atoms with Crippen LogP contribution in [0.15, 0.2) is 30.0 Å². The lowest BCUT2D eigenvalue weighted by Gasteiger charge is -2.28. The second-order valence-electron chi connectivity index (χ2n) is 4.43. The quantitative estimate of drug-likeness (QED) is 0.834. The molecular weight excluding hydrogens is 266 g/mol. The van der Waals surface area contributed by atoms with E-state index in [0.29, 0.717) is 10.8 Å². The van der Waals surface area contributed by atoms with Crippen molar-refractivity contribution in [2.24, 2.45) is 5.73 Å². The first kappa shape index (κ1) is 14.3. The molecule has 2 atom stereocenters. The molecule has 4 nitrogen and oxygen atoms in total. The molecule has 0 saturated carbocycles. The molecule has 0 bridgehead atoms. The van der Waals surface area contributed by atoms with Gasteiger partial charge in [0, 0.05) is 10.6 Å². The number of rotatable bonds is 4. The summed E-state index contributed by atoms with van der Waals surface area (Å²) in [6, 6.07) is 7.63. The van der Waals surface area contributed by atoms with Crippen LogP contribution in [0.5, 0.6) is 0 Å². The van der Waals surface area contributed by atoms with Crippen LogP contribution in [0.25, 0.3) is 5.57 Å². The van der Waals surface area contributed by atoms with Crippen molar-refractivity contribution in [2.75, 3.05) is 7.11 Å². The minimum absolute atomic E-state index is 0.329. The maximum absolute atomic E-state index is 9.18. The molecule has 5 heteroatoms. The van der Waals surface area contributed by atoms with Gasteiger partial charge in [0.15, 0.2) is 0 Å². The summed E-state index contributed by atoms with van der Waals surface area (Å²) in [5, 5.41) is 9.86. The highest BCUT2D eigenvalue weighted by atomic mass is 35.5. The summed E-state index contributed by atoms with van der Waals surface area (Å²) in [6.07, 6.45) is 0.939. The van der Waals surface area contributed by atoms with Gasteiger partial charge in [0.25, 0.3) is 0 Å². The number of methoxy groups -OCH3 is 1. The van der Waals surface area contributed by atoms with Crippen LogP contribution in [0.2, 0.25) is 5.02 Å². The van der Waals surface area contributed by atoms with E-state index in [1.807, 2.05) is 24.3 Å². The normalized spacial score (nSPS) is 21.4. The Bertz CT molecular complexity index is 474. The number of allylic oxidation sites excluding steroid dienone is 1. The first-order valence-electron chi connectivity index (χ1n) is 6.24. The zero-order valence-electron chi connectivity index (χ0n) is 10.8. The van der Waals surface area contributed by atoms with Gasteiger partial charge in [0.1, 0.15) is 11.9 Å². The average Bonchev–Trinajstić information content (AvgIpc) is 2.38. The Hall–Kier alpha value is -1.07. The van der Waals surface area contributed by atoms with Gasteiger partial charge in [0.05, 0.1) is 7.11 Å². The van der Waals surface area contributed by atoms with Crippen LogP contribution in [-0.2, 0) is 9.47 Å². The van der Waals surface area contributed by atoms with Gasteiger partial charge in [0.2, 0.25) is 6.41 Å². The van der Waals surface area contributed by atoms with Crippen molar-refractivity contribution in [3.8, 4) is 0 Å². The van der Waals surface area contributed by atoms with Crippen LogP contribution in [0.3, 0.4) is 0 Å². The van der Waals surface area contributed by atoms with Gasteiger partial charge >= 0.3 is 0 Å². The number of hydrogen-bond donors (Lipinski definition) is 2. The van der Waals surface area contributed by atoms with Crippen molar-refractivity contribution in [3.05, 3.63) is 40.6 Å². The molecule has 0 spiro atoms. The number of ether oxygens (including phenoxy) is 2. The number of halogens is 1. The Labute approximate surface area is 117 Å². The summed E-state index contributed by atoms with van der Waals surface area (Å²) in [6.45, 7) is 0. The van der Waals surface area contributed by atoms with Crippen LogP contribution in [0.1, 0.15) is 24.8 Å². The summed E-state index contributed by atoms with van der Waals surface area (Å²) < 4.78 is 10.7. The summed E-state index contributed by atoms with van der Waals surface area (Å²) in [5.41, 5.74) is 7.25. The van der Waals surface area contributed by atoms with Crippen LogP contribution in [0, 0.1) is 0 Å². The molecule has 0 aromatic heterocycles. The Kier molecular flexibility index (Phi) is 4.82. The fourth-order valence-corrected chi connectivity index (χ4v) is 2.69. The summed E-state index contributed by atoms with van der Waals surface area (Å²) in [4.78, 5) is 0. The molecule has 104 valence electrons. The molecule has 0 amide bonds. The molecule has 3 N–H and O–H groups in total. The fraction of sp³-hybridized carbons (Fsp3) is 0.429. The van der Waals surface area contributed by atoms with Gasteiger partial charge in [-0.15, -0.1) is 0 Å². The highest BCUT2D eigenvalue weighted by Gasteiger charge is 2.27. The summed E-state index contributed by atoms with van der Waals surface area (Å²) in [5.74, 6) is 0.698. The molecule has 2 rings (SSSR count). The lowest BCUT2D eigenvalue weighted by molar-refractivity contribution is -0.133. The van der Waals surface area contributed by atoms with Crippen molar-refractivity contribution < 1.29 is 14.6 Å². The van der Waals surface area contributed by atoms with Crippen molar-refractivity contribution in [1.82, 2.24) is 0 Å². The van der Waals surface area contributed by atoms with Gasteiger partial charge in [-0.25, -0.2) is 0 Å².